The standard InChI is InChI=1S/C9H15F3N2O3/c1-16-3-2-14-4-6(5-14)7(13)17-8(15)9(10,11)12/h6-7H,2-5,13H2,1H3. The summed E-state index contributed by atoms with van der Waals surface area (Å²) in [7, 11) is 1.56. The normalized spacial score (nSPS) is 19.8. The molecule has 1 unspecified atom stereocenters. The predicted molar refractivity (Wildman–Crippen MR) is 51.9 cm³/mol. The minimum atomic E-state index is -4.99. The monoisotopic (exact) mass is 256 g/mol. The van der Waals surface area contributed by atoms with Crippen molar-refractivity contribution >= 4 is 5.97 Å². The van der Waals surface area contributed by atoms with Crippen LogP contribution in [0.2, 0.25) is 0 Å². The third-order valence-corrected chi connectivity index (χ3v) is 2.54. The number of methoxy groups -OCH3 is 1. The third kappa shape index (κ3) is 4.14. The van der Waals surface area contributed by atoms with E-state index in [9.17, 15) is 18.0 Å². The lowest BCUT2D eigenvalue weighted by Crippen LogP contribution is -2.56. The van der Waals surface area contributed by atoms with Gasteiger partial charge in [0, 0.05) is 32.7 Å². The molecule has 1 saturated heterocycles. The van der Waals surface area contributed by atoms with E-state index in [1.807, 2.05) is 4.90 Å². The average Bonchev–Trinajstić information content (AvgIpc) is 2.13. The van der Waals surface area contributed by atoms with E-state index in [1.54, 1.807) is 7.11 Å². The predicted octanol–water partition coefficient (Wildman–Crippen LogP) is -0.0451. The van der Waals surface area contributed by atoms with Crippen molar-refractivity contribution < 1.29 is 27.4 Å². The lowest BCUT2D eigenvalue weighted by molar-refractivity contribution is -0.209. The summed E-state index contributed by atoms with van der Waals surface area (Å²) >= 11 is 0. The number of hydrogen-bond donors (Lipinski definition) is 1. The molecule has 2 N–H and O–H groups in total. The van der Waals surface area contributed by atoms with Crippen LogP contribution in [0.4, 0.5) is 13.2 Å². The zero-order valence-corrected chi connectivity index (χ0v) is 9.37. The van der Waals surface area contributed by atoms with Crippen molar-refractivity contribution in [3.05, 3.63) is 0 Å². The SMILES string of the molecule is COCCN1CC(C(N)OC(=O)C(F)(F)F)C1. The zero-order valence-electron chi connectivity index (χ0n) is 9.37. The van der Waals surface area contributed by atoms with Crippen LogP contribution in [0, 0.1) is 5.92 Å². The number of carbonyl (C=O) groups excluding carboxylic acids is 1. The van der Waals surface area contributed by atoms with Crippen molar-refractivity contribution in [1.82, 2.24) is 4.90 Å². The minimum Gasteiger partial charge on any atom is -0.440 e. The van der Waals surface area contributed by atoms with Gasteiger partial charge in [-0.2, -0.15) is 13.2 Å². The lowest BCUT2D eigenvalue weighted by atomic mass is 9.98. The van der Waals surface area contributed by atoms with Crippen LogP contribution in [0.3, 0.4) is 0 Å². The highest BCUT2D eigenvalue weighted by Crippen LogP contribution is 2.22. The summed E-state index contributed by atoms with van der Waals surface area (Å²) in [6.07, 6.45) is -6.19. The molecule has 1 atom stereocenters. The van der Waals surface area contributed by atoms with E-state index < -0.39 is 18.4 Å². The fourth-order valence-corrected chi connectivity index (χ4v) is 1.51. The molecule has 0 saturated carbocycles. The van der Waals surface area contributed by atoms with Crippen LogP contribution in [0.1, 0.15) is 0 Å². The van der Waals surface area contributed by atoms with Gasteiger partial charge in [-0.1, -0.05) is 0 Å². The average molecular weight is 256 g/mol. The second-order valence-corrected chi connectivity index (χ2v) is 3.88. The maximum absolute atomic E-state index is 11.9. The van der Waals surface area contributed by atoms with Gasteiger partial charge in [-0.25, -0.2) is 4.79 Å². The first-order chi connectivity index (χ1) is 7.84. The van der Waals surface area contributed by atoms with E-state index in [4.69, 9.17) is 10.5 Å². The number of nitrogens with two attached hydrogens (primary N) is 1. The van der Waals surface area contributed by atoms with Crippen LogP contribution < -0.4 is 5.73 Å². The summed E-state index contributed by atoms with van der Waals surface area (Å²) in [5.74, 6) is -2.49. The molecule has 5 nitrogen and oxygen atoms in total. The number of carbonyl (C=O) groups is 1. The van der Waals surface area contributed by atoms with Crippen molar-refractivity contribution in [3.8, 4) is 0 Å². The number of esters is 1. The van der Waals surface area contributed by atoms with Gasteiger partial charge in [0.15, 0.2) is 6.23 Å². The number of nitrogens with zero attached hydrogens (tertiary/aromatic N) is 1. The highest BCUT2D eigenvalue weighted by Gasteiger charge is 2.44. The van der Waals surface area contributed by atoms with Crippen LogP contribution in [-0.2, 0) is 14.3 Å². The molecule has 0 aromatic heterocycles. The molecule has 0 bridgehead atoms. The third-order valence-electron chi connectivity index (χ3n) is 2.54. The number of ether oxygens (including phenoxy) is 2. The highest BCUT2D eigenvalue weighted by molar-refractivity contribution is 5.75. The van der Waals surface area contributed by atoms with Gasteiger partial charge in [-0.15, -0.1) is 0 Å². The number of rotatable bonds is 5. The van der Waals surface area contributed by atoms with E-state index >= 15 is 0 Å². The van der Waals surface area contributed by atoms with Crippen molar-refractivity contribution in [2.24, 2.45) is 11.7 Å². The Morgan fingerprint density at radius 1 is 1.53 bits per heavy atom. The van der Waals surface area contributed by atoms with Gasteiger partial charge in [0.2, 0.25) is 0 Å². The van der Waals surface area contributed by atoms with E-state index in [1.165, 1.54) is 0 Å². The number of hydrogen-bond acceptors (Lipinski definition) is 5. The molecule has 1 fully saturated rings. The van der Waals surface area contributed by atoms with Crippen LogP contribution >= 0.6 is 0 Å². The number of alkyl halides is 3. The van der Waals surface area contributed by atoms with Gasteiger partial charge >= 0.3 is 12.1 Å². The molecule has 8 heteroatoms. The second-order valence-electron chi connectivity index (χ2n) is 3.88. The van der Waals surface area contributed by atoms with Crippen molar-refractivity contribution in [2.45, 2.75) is 12.4 Å². The highest BCUT2D eigenvalue weighted by atomic mass is 19.4. The van der Waals surface area contributed by atoms with Crippen LogP contribution in [0.25, 0.3) is 0 Å². The molecule has 1 aliphatic heterocycles. The quantitative estimate of drug-likeness (QED) is 0.552. The largest absolute Gasteiger partial charge is 0.490 e. The van der Waals surface area contributed by atoms with Gasteiger partial charge in [0.25, 0.3) is 0 Å². The molecule has 0 aliphatic carbocycles. The minimum absolute atomic E-state index is 0.252. The Kier molecular flexibility index (Phi) is 4.72. The molecule has 17 heavy (non-hydrogen) atoms. The Morgan fingerprint density at radius 2 is 2.12 bits per heavy atom. The zero-order chi connectivity index (χ0) is 13.1. The molecule has 1 heterocycles. The van der Waals surface area contributed by atoms with Gasteiger partial charge in [-0.05, 0) is 0 Å². The van der Waals surface area contributed by atoms with Gasteiger partial charge < -0.3 is 14.4 Å². The maximum atomic E-state index is 11.9. The lowest BCUT2D eigenvalue weighted by Gasteiger charge is -2.41. The molecule has 1 aliphatic rings. The van der Waals surface area contributed by atoms with Gasteiger partial charge in [0.05, 0.1) is 6.61 Å². The van der Waals surface area contributed by atoms with Crippen molar-refractivity contribution in [2.75, 3.05) is 33.4 Å². The first-order valence-electron chi connectivity index (χ1n) is 5.09. The van der Waals surface area contributed by atoms with Gasteiger partial charge in [-0.3, -0.25) is 5.73 Å². The Morgan fingerprint density at radius 3 is 2.59 bits per heavy atom. The molecule has 0 aromatic rings. The first-order valence-corrected chi connectivity index (χ1v) is 5.09. The summed E-state index contributed by atoms with van der Waals surface area (Å²) in [5, 5.41) is 0. The van der Waals surface area contributed by atoms with Crippen LogP contribution in [0.15, 0.2) is 0 Å². The molecular weight excluding hydrogens is 241 g/mol. The van der Waals surface area contributed by atoms with Crippen LogP contribution in [0.5, 0.6) is 0 Å². The summed E-state index contributed by atoms with van der Waals surface area (Å²) in [6, 6.07) is 0. The van der Waals surface area contributed by atoms with E-state index in [0.29, 0.717) is 26.2 Å². The van der Waals surface area contributed by atoms with E-state index in [-0.39, 0.29) is 5.92 Å². The van der Waals surface area contributed by atoms with Gasteiger partial charge in [0.1, 0.15) is 0 Å². The summed E-state index contributed by atoms with van der Waals surface area (Å²) in [5.41, 5.74) is 5.37. The Labute approximate surface area is 96.6 Å². The Bertz CT molecular complexity index is 267. The molecule has 100 valence electrons. The van der Waals surface area contributed by atoms with Crippen molar-refractivity contribution in [1.29, 1.82) is 0 Å². The fourth-order valence-electron chi connectivity index (χ4n) is 1.51. The molecule has 0 radical (unpaired) electrons. The molecular formula is C9H15F3N2O3. The Hall–Kier alpha value is -0.860. The van der Waals surface area contributed by atoms with E-state index in [0.717, 1.165) is 0 Å². The molecule has 0 aromatic carbocycles. The molecule has 0 amide bonds. The second kappa shape index (κ2) is 5.65. The summed E-state index contributed by atoms with van der Waals surface area (Å²) in [4.78, 5) is 12.5. The molecule has 1 rings (SSSR count). The van der Waals surface area contributed by atoms with E-state index in [2.05, 4.69) is 4.74 Å². The van der Waals surface area contributed by atoms with Crippen LogP contribution in [-0.4, -0.2) is 56.6 Å². The number of likely N-dealkylation sites (tertiary alicyclic amines) is 1. The fraction of sp³-hybridized carbons (Fsp3) is 0.889. The van der Waals surface area contributed by atoms with Crippen molar-refractivity contribution in [3.63, 3.8) is 0 Å². The summed E-state index contributed by atoms with van der Waals surface area (Å²) < 4.78 is 44.6. The first kappa shape index (κ1) is 14.2. The smallest absolute Gasteiger partial charge is 0.440 e. The number of halogens is 3. The summed E-state index contributed by atoms with van der Waals surface area (Å²) in [6.45, 7) is 2.25. The topological polar surface area (TPSA) is 64.8 Å². The Balaban J connectivity index is 2.23. The molecule has 0 spiro atoms. The maximum Gasteiger partial charge on any atom is 0.490 e.